The van der Waals surface area contributed by atoms with Crippen LogP contribution in [0.3, 0.4) is 0 Å². The number of aryl methyl sites for hydroxylation is 1. The lowest BCUT2D eigenvalue weighted by atomic mass is 9.75. The maximum atomic E-state index is 3.77. The zero-order valence-electron chi connectivity index (χ0n) is 13.3. The summed E-state index contributed by atoms with van der Waals surface area (Å²) in [4.78, 5) is 0. The molecule has 1 heterocycles. The molecule has 0 atom stereocenters. The lowest BCUT2D eigenvalue weighted by molar-refractivity contribution is 0.206. The number of rotatable bonds is 4. The molecule has 1 fully saturated rings. The van der Waals surface area contributed by atoms with Gasteiger partial charge in [0.2, 0.25) is 0 Å². The van der Waals surface area contributed by atoms with Crippen molar-refractivity contribution >= 4 is 0 Å². The minimum absolute atomic E-state index is 0.566. The quantitative estimate of drug-likeness (QED) is 0.861. The summed E-state index contributed by atoms with van der Waals surface area (Å²) in [6, 6.07) is 3.07. The smallest absolute Gasteiger partial charge is 0.0225 e. The second-order valence-electron chi connectivity index (χ2n) is 6.96. The summed E-state index contributed by atoms with van der Waals surface area (Å²) < 4.78 is 2.40. The number of nitrogens with one attached hydrogen (secondary N) is 1. The minimum atomic E-state index is 0.566. The Morgan fingerprint density at radius 2 is 1.89 bits per heavy atom. The predicted octanol–water partition coefficient (Wildman–Crippen LogP) is 4.18. The van der Waals surface area contributed by atoms with Gasteiger partial charge in [-0.15, -0.1) is 0 Å². The Morgan fingerprint density at radius 1 is 1.26 bits per heavy atom. The van der Waals surface area contributed by atoms with Crippen LogP contribution < -0.4 is 5.32 Å². The summed E-state index contributed by atoms with van der Waals surface area (Å²) in [6.45, 7) is 13.6. The van der Waals surface area contributed by atoms with Crippen molar-refractivity contribution in [1.29, 1.82) is 0 Å². The van der Waals surface area contributed by atoms with Gasteiger partial charge >= 0.3 is 0 Å². The molecule has 0 amide bonds. The fourth-order valence-electron chi connectivity index (χ4n) is 3.40. The highest BCUT2D eigenvalue weighted by Gasteiger charge is 2.26. The fraction of sp³-hybridized carbons (Fsp3) is 0.765. The molecule has 0 spiro atoms. The SMILES string of the molecule is CCn1c(C)cc(CNC2CCC(C)(C)CC2)c1C. The van der Waals surface area contributed by atoms with Gasteiger partial charge < -0.3 is 9.88 Å². The molecule has 1 N–H and O–H groups in total. The van der Waals surface area contributed by atoms with Crippen LogP contribution in [0.25, 0.3) is 0 Å². The van der Waals surface area contributed by atoms with Gasteiger partial charge in [-0.2, -0.15) is 0 Å². The molecule has 0 aliphatic heterocycles. The molecule has 108 valence electrons. The topological polar surface area (TPSA) is 17.0 Å². The van der Waals surface area contributed by atoms with Crippen molar-refractivity contribution in [3.05, 3.63) is 23.0 Å². The molecular formula is C17H30N2. The van der Waals surface area contributed by atoms with Gasteiger partial charge in [0.05, 0.1) is 0 Å². The average molecular weight is 262 g/mol. The van der Waals surface area contributed by atoms with Crippen molar-refractivity contribution < 1.29 is 0 Å². The normalized spacial score (nSPS) is 19.8. The van der Waals surface area contributed by atoms with E-state index in [-0.39, 0.29) is 0 Å². The summed E-state index contributed by atoms with van der Waals surface area (Å²) in [6.07, 6.45) is 5.39. The first kappa shape index (κ1) is 14.6. The highest BCUT2D eigenvalue weighted by atomic mass is 15.0. The first-order valence-electron chi connectivity index (χ1n) is 7.82. The van der Waals surface area contributed by atoms with Gasteiger partial charge in [0.1, 0.15) is 0 Å². The van der Waals surface area contributed by atoms with Gasteiger partial charge in [0.15, 0.2) is 0 Å². The molecule has 0 saturated heterocycles. The van der Waals surface area contributed by atoms with Crippen LogP contribution in [0, 0.1) is 19.3 Å². The van der Waals surface area contributed by atoms with E-state index in [9.17, 15) is 0 Å². The number of nitrogens with zero attached hydrogens (tertiary/aromatic N) is 1. The van der Waals surface area contributed by atoms with Crippen LogP contribution in [-0.4, -0.2) is 10.6 Å². The molecule has 19 heavy (non-hydrogen) atoms. The highest BCUT2D eigenvalue weighted by molar-refractivity contribution is 5.26. The van der Waals surface area contributed by atoms with Gasteiger partial charge in [-0.3, -0.25) is 0 Å². The van der Waals surface area contributed by atoms with Crippen LogP contribution in [0.4, 0.5) is 0 Å². The zero-order chi connectivity index (χ0) is 14.0. The molecule has 2 heteroatoms. The van der Waals surface area contributed by atoms with Gasteiger partial charge in [-0.25, -0.2) is 0 Å². The Kier molecular flexibility index (Phi) is 4.39. The third-order valence-electron chi connectivity index (χ3n) is 4.92. The first-order chi connectivity index (χ1) is 8.93. The molecule has 0 radical (unpaired) electrons. The van der Waals surface area contributed by atoms with Crippen LogP contribution in [-0.2, 0) is 13.1 Å². The monoisotopic (exact) mass is 262 g/mol. The van der Waals surface area contributed by atoms with Crippen molar-refractivity contribution in [2.75, 3.05) is 0 Å². The Labute approximate surface area is 118 Å². The van der Waals surface area contributed by atoms with Crippen LogP contribution in [0.5, 0.6) is 0 Å². The second kappa shape index (κ2) is 5.70. The summed E-state index contributed by atoms with van der Waals surface area (Å²) in [5, 5.41) is 3.77. The van der Waals surface area contributed by atoms with E-state index in [1.165, 1.54) is 42.6 Å². The molecular weight excluding hydrogens is 232 g/mol. The highest BCUT2D eigenvalue weighted by Crippen LogP contribution is 2.35. The van der Waals surface area contributed by atoms with E-state index in [0.29, 0.717) is 5.41 Å². The van der Waals surface area contributed by atoms with Crippen molar-refractivity contribution in [2.45, 2.75) is 79.4 Å². The Balaban J connectivity index is 1.90. The summed E-state index contributed by atoms with van der Waals surface area (Å²) in [7, 11) is 0. The predicted molar refractivity (Wildman–Crippen MR) is 82.5 cm³/mol. The maximum absolute atomic E-state index is 3.77. The summed E-state index contributed by atoms with van der Waals surface area (Å²) in [5.41, 5.74) is 4.87. The molecule has 1 saturated carbocycles. The van der Waals surface area contributed by atoms with E-state index < -0.39 is 0 Å². The number of hydrogen-bond acceptors (Lipinski definition) is 1. The largest absolute Gasteiger partial charge is 0.349 e. The third kappa shape index (κ3) is 3.42. The Hall–Kier alpha value is -0.760. The molecule has 2 nitrogen and oxygen atoms in total. The van der Waals surface area contributed by atoms with Crippen LogP contribution in [0.15, 0.2) is 6.07 Å². The van der Waals surface area contributed by atoms with E-state index in [4.69, 9.17) is 0 Å². The third-order valence-corrected chi connectivity index (χ3v) is 4.92. The van der Waals surface area contributed by atoms with Gasteiger partial charge in [0.25, 0.3) is 0 Å². The van der Waals surface area contributed by atoms with Crippen LogP contribution in [0.2, 0.25) is 0 Å². The van der Waals surface area contributed by atoms with Gasteiger partial charge in [-0.05, 0) is 63.5 Å². The van der Waals surface area contributed by atoms with Crippen molar-refractivity contribution in [2.24, 2.45) is 5.41 Å². The molecule has 2 rings (SSSR count). The van der Waals surface area contributed by atoms with Crippen LogP contribution in [0.1, 0.15) is 63.4 Å². The van der Waals surface area contributed by atoms with Gasteiger partial charge in [0, 0.05) is 30.5 Å². The van der Waals surface area contributed by atoms with E-state index in [0.717, 1.165) is 19.1 Å². The fourth-order valence-corrected chi connectivity index (χ4v) is 3.40. The molecule has 0 aromatic carbocycles. The molecule has 0 unspecified atom stereocenters. The number of hydrogen-bond donors (Lipinski definition) is 1. The van der Waals surface area contributed by atoms with E-state index >= 15 is 0 Å². The Bertz CT molecular complexity index is 419. The lowest BCUT2D eigenvalue weighted by Gasteiger charge is -2.34. The second-order valence-corrected chi connectivity index (χ2v) is 6.96. The molecule has 1 aromatic rings. The Morgan fingerprint density at radius 3 is 2.42 bits per heavy atom. The maximum Gasteiger partial charge on any atom is 0.0225 e. The van der Waals surface area contributed by atoms with E-state index in [1.807, 2.05) is 0 Å². The molecule has 1 aliphatic carbocycles. The lowest BCUT2D eigenvalue weighted by Crippen LogP contribution is -2.35. The standard InChI is InChI=1S/C17H30N2/c1-6-19-13(2)11-15(14(19)3)12-18-16-7-9-17(4,5)10-8-16/h11,16,18H,6-10,12H2,1-5H3. The molecule has 0 bridgehead atoms. The molecule has 1 aromatic heterocycles. The van der Waals surface area contributed by atoms with Crippen molar-refractivity contribution in [3.8, 4) is 0 Å². The minimum Gasteiger partial charge on any atom is -0.349 e. The first-order valence-corrected chi connectivity index (χ1v) is 7.82. The molecule has 1 aliphatic rings. The summed E-state index contributed by atoms with van der Waals surface area (Å²) in [5.74, 6) is 0. The summed E-state index contributed by atoms with van der Waals surface area (Å²) >= 11 is 0. The number of aromatic nitrogens is 1. The van der Waals surface area contributed by atoms with E-state index in [1.54, 1.807) is 0 Å². The van der Waals surface area contributed by atoms with Crippen molar-refractivity contribution in [1.82, 2.24) is 9.88 Å². The van der Waals surface area contributed by atoms with Crippen LogP contribution >= 0.6 is 0 Å². The zero-order valence-corrected chi connectivity index (χ0v) is 13.3. The van der Waals surface area contributed by atoms with Gasteiger partial charge in [-0.1, -0.05) is 13.8 Å². The average Bonchev–Trinajstić information content (AvgIpc) is 2.63. The van der Waals surface area contributed by atoms with Crippen molar-refractivity contribution in [3.63, 3.8) is 0 Å². The van der Waals surface area contributed by atoms with E-state index in [2.05, 4.69) is 50.6 Å².